The first-order chi connectivity index (χ1) is 60.3. The summed E-state index contributed by atoms with van der Waals surface area (Å²) in [5.74, 6) is 0.869. The van der Waals surface area contributed by atoms with E-state index < -0.39 is 21.2 Å². The Morgan fingerprint density at radius 2 is 1.06 bits per heavy atom. The zero-order chi connectivity index (χ0) is 92.3. The molecule has 8 aromatic carbocycles. The minimum Gasteiger partial charge on any atom is -0.507 e. The Morgan fingerprint density at radius 3 is 1.61 bits per heavy atom. The predicted molar refractivity (Wildman–Crippen MR) is 504 cm³/mol. The van der Waals surface area contributed by atoms with Crippen LogP contribution >= 0.6 is 93.0 Å². The maximum atomic E-state index is 12.8. The van der Waals surface area contributed by atoms with Crippen LogP contribution in [-0.2, 0) is 19.4 Å². The third kappa shape index (κ3) is 22.0. The number of phenolic OH excluding ortho intramolecular Hbond substituents is 2. The number of amides is 2. The summed E-state index contributed by atoms with van der Waals surface area (Å²) in [6.45, 7) is 33.0. The number of anilines is 2. The molecule has 640 valence electrons. The number of hydrogen-bond acceptors (Lipinski definition) is 24. The van der Waals surface area contributed by atoms with E-state index >= 15 is 0 Å². The Kier molecular flexibility index (Phi) is 30.1. The Labute approximate surface area is 765 Å². The van der Waals surface area contributed by atoms with E-state index in [0.29, 0.717) is 121 Å². The standard InChI is InChI=1S/C21H19N5O2S.C20H14Cl2N4O4S.C17H13Cl2N3O.C15H12Cl2N4O.C15H10ClN5O/c1-4-29-20-23-19-17(22-15-10-12(2)18(27)13(3)11-15)16(14-8-6-5-7-9-14)25-26(19)21(28)24-20;1-10-23-19-17(31(2,29)30)15(11-6-4-3-5-7-11)18(26(19)20(28)24-10)25-12-8-13(21)16(27)14(22)9-12;1-10-14(18)8-12(9-15(10)19)20-16-11(2)21-22(17(16)23)13-6-4-3-5-7-13;1-7-4-13(22)21-15(18-7)14(9(3)20-21)19-10-5-11(16)8(2)12(17)6-10;1-9-13(16)5-11(6-14(9)20-10(2)22)21-15(19-4)7-12(8-17)18-3/h5-11,27H,4H2,1-3H3;3-9,27H,1-2H3;3-9H,1-2H3;4-6H,1-3H3;5-7H,1-2H3,(H,20,22)/b;;;;12-7-,21-15?. The monoisotopic (exact) mass is 1870 g/mol. The summed E-state index contributed by atoms with van der Waals surface area (Å²) in [5.41, 5.74) is 10.7. The van der Waals surface area contributed by atoms with Crippen molar-refractivity contribution >= 4 is 211 Å². The molecular weight excluding hydrogens is 1810 g/mol. The average Bonchev–Trinajstić information content (AvgIpc) is 1.55. The van der Waals surface area contributed by atoms with Crippen molar-refractivity contribution in [3.63, 3.8) is 0 Å². The number of hydrazone groups is 1. The van der Waals surface area contributed by atoms with Gasteiger partial charge in [-0.25, -0.2) is 67.6 Å². The molecule has 0 radical (unpaired) electrons. The third-order valence-electron chi connectivity index (χ3n) is 18.2. The quantitative estimate of drug-likeness (QED) is 0.0317. The number of benzene rings is 8. The van der Waals surface area contributed by atoms with Crippen molar-refractivity contribution in [2.45, 2.75) is 81.3 Å². The highest BCUT2D eigenvalue weighted by molar-refractivity contribution is 8.00. The van der Waals surface area contributed by atoms with Crippen LogP contribution in [0.1, 0.15) is 95.6 Å². The molecule has 0 fully saturated rings. The molecule has 39 heteroatoms. The van der Waals surface area contributed by atoms with Gasteiger partial charge in [0, 0.05) is 79.0 Å². The number of aliphatic imine (C=N–C) groups is 5. The Bertz CT molecular complexity index is 7080. The number of phenols is 2. The van der Waals surface area contributed by atoms with E-state index in [1.54, 1.807) is 107 Å². The molecule has 3 N–H and O–H groups in total. The van der Waals surface area contributed by atoms with Gasteiger partial charge in [-0.2, -0.15) is 39.6 Å². The van der Waals surface area contributed by atoms with Gasteiger partial charge in [-0.15, -0.1) is 4.99 Å². The zero-order valence-corrected chi connectivity index (χ0v) is 75.9. The van der Waals surface area contributed by atoms with Crippen LogP contribution in [0.25, 0.3) is 20.2 Å². The molecule has 0 aliphatic carbocycles. The third-order valence-corrected chi connectivity index (χ3v) is 22.6. The van der Waals surface area contributed by atoms with Crippen LogP contribution in [-0.4, -0.2) is 127 Å². The lowest BCUT2D eigenvalue weighted by molar-refractivity contribution is -0.114. The summed E-state index contributed by atoms with van der Waals surface area (Å²) in [6, 6.07) is 46.7. The Hall–Kier alpha value is -13.6. The lowest BCUT2D eigenvalue weighted by Gasteiger charge is -2.10. The van der Waals surface area contributed by atoms with Crippen molar-refractivity contribution in [1.29, 1.82) is 5.26 Å². The van der Waals surface area contributed by atoms with E-state index in [2.05, 4.69) is 75.2 Å². The fourth-order valence-electron chi connectivity index (χ4n) is 12.2. The normalized spacial score (nSPS) is 14.3. The smallest absolute Gasteiger partial charge is 0.372 e. The number of sulfone groups is 1. The minimum absolute atomic E-state index is 0.00412. The topological polar surface area (TPSA) is 386 Å². The number of amidine groups is 1. The molecule has 15 rings (SSSR count). The molecule has 4 aliphatic rings. The molecule has 30 nitrogen and oxygen atoms in total. The second kappa shape index (κ2) is 40.6. The van der Waals surface area contributed by atoms with Gasteiger partial charge in [-0.3, -0.25) is 14.4 Å². The number of aryl methyl sites for hydroxylation is 4. The van der Waals surface area contributed by atoms with Gasteiger partial charge in [0.25, 0.3) is 23.0 Å². The van der Waals surface area contributed by atoms with E-state index in [4.69, 9.17) is 105 Å². The van der Waals surface area contributed by atoms with Gasteiger partial charge in [0.05, 0.1) is 62.5 Å². The number of rotatable bonds is 13. The number of fused-ring (bicyclic) bond motifs is 3. The number of halogens is 7. The molecule has 11 aromatic rings. The summed E-state index contributed by atoms with van der Waals surface area (Å²) in [5, 5.41) is 48.3. The number of nitrogens with zero attached hydrogens (tertiary/aromatic N) is 20. The SMILES string of the molecule is CC1=NN(c2ccccc2)C(=O)C1=Nc1cc(Cl)c(C)c(Cl)c1.CC1=Nn2c(nc(C)cc2=O)C1=Nc1cc(Cl)c(C)c(Cl)c1.CCSc1nc2n(c(=O)n1)N=C(c1ccccc1)C2=Nc1cc(C)c(O)c(C)c1.Cc1nc2n(c(=O)n1)C(=Nc1cc(Cl)c(O)c(Cl)c1)C(c1ccccc1)=C2S(C)(=O)=O.[C-]#[N+]C(/C=C(/C#N)[N+]#[C-])=Nc1cc(Cl)c(C)c(NC(C)=O)c1. The lowest BCUT2D eigenvalue weighted by Crippen LogP contribution is -2.30. The first kappa shape index (κ1) is 94.1. The van der Waals surface area contributed by atoms with Gasteiger partial charge in [-0.05, 0) is 168 Å². The number of nitriles is 1. The van der Waals surface area contributed by atoms with E-state index in [0.717, 1.165) is 50.5 Å². The van der Waals surface area contributed by atoms with Crippen molar-refractivity contribution in [1.82, 2.24) is 38.8 Å². The van der Waals surface area contributed by atoms with Crippen LogP contribution in [0.3, 0.4) is 0 Å². The van der Waals surface area contributed by atoms with Gasteiger partial charge >= 0.3 is 11.4 Å². The molecule has 4 aliphatic heterocycles. The van der Waals surface area contributed by atoms with Gasteiger partial charge in [0.2, 0.25) is 5.91 Å². The maximum absolute atomic E-state index is 12.8. The number of carbonyl (C=O) groups is 2. The largest absolute Gasteiger partial charge is 0.507 e. The first-order valence-electron chi connectivity index (χ1n) is 37.5. The number of hydrogen-bond donors (Lipinski definition) is 3. The van der Waals surface area contributed by atoms with E-state index in [9.17, 15) is 42.6 Å². The van der Waals surface area contributed by atoms with Gasteiger partial charge in [-0.1, -0.05) is 185 Å². The molecule has 0 unspecified atom stereocenters. The highest BCUT2D eigenvalue weighted by Gasteiger charge is 2.38. The Balaban J connectivity index is 0.000000155. The van der Waals surface area contributed by atoms with Crippen LogP contribution in [0.15, 0.2) is 229 Å². The zero-order valence-electron chi connectivity index (χ0n) is 69.0. The van der Waals surface area contributed by atoms with E-state index in [1.165, 1.54) is 64.2 Å². The fraction of sp³-hybridized carbons (Fsp3) is 0.148. The van der Waals surface area contributed by atoms with Crippen molar-refractivity contribution < 1.29 is 28.2 Å². The summed E-state index contributed by atoms with van der Waals surface area (Å²) in [6.07, 6.45) is 2.13. The fourth-order valence-corrected chi connectivity index (χ4v) is 15.4. The van der Waals surface area contributed by atoms with Crippen molar-refractivity contribution in [2.24, 2.45) is 40.3 Å². The number of nitrogens with one attached hydrogen (secondary N) is 1. The number of thioether (sulfide) groups is 1. The van der Waals surface area contributed by atoms with Crippen molar-refractivity contribution in [3.05, 3.63) is 327 Å². The number of carbonyl (C=O) groups excluding carboxylic acids is 2. The summed E-state index contributed by atoms with van der Waals surface area (Å²) < 4.78 is 29.1. The molecule has 3 aromatic heterocycles. The molecule has 127 heavy (non-hydrogen) atoms. The molecule has 2 amide bonds. The van der Waals surface area contributed by atoms with Crippen molar-refractivity contribution in [2.75, 3.05) is 22.3 Å². The van der Waals surface area contributed by atoms with E-state index in [1.807, 2.05) is 95.3 Å². The van der Waals surface area contributed by atoms with Crippen LogP contribution < -0.4 is 27.3 Å². The second-order valence-corrected chi connectivity index (χ2v) is 33.6. The molecule has 0 atom stereocenters. The number of allylic oxidation sites excluding steroid dienone is 2. The molecule has 0 spiro atoms. The molecular formula is C88H68Cl7N21O9S2. The summed E-state index contributed by atoms with van der Waals surface area (Å²) in [4.78, 5) is 110. The van der Waals surface area contributed by atoms with Crippen LogP contribution in [0.4, 0.5) is 39.8 Å². The molecule has 0 saturated carbocycles. The minimum atomic E-state index is -3.84. The second-order valence-electron chi connectivity index (χ2n) is 27.6. The van der Waals surface area contributed by atoms with Crippen LogP contribution in [0.2, 0.25) is 35.2 Å². The molecule has 0 bridgehead atoms. The highest BCUT2D eigenvalue weighted by Crippen LogP contribution is 2.42. The Morgan fingerprint density at radius 1 is 0.559 bits per heavy atom. The van der Waals surface area contributed by atoms with Crippen LogP contribution in [0, 0.1) is 72.9 Å². The van der Waals surface area contributed by atoms with E-state index in [-0.39, 0.29) is 89.8 Å². The number of aromatic hydroxyl groups is 2. The highest BCUT2D eigenvalue weighted by atomic mass is 35.5. The van der Waals surface area contributed by atoms with Gasteiger partial charge in [0.15, 0.2) is 55.5 Å². The molecule has 0 saturated heterocycles. The average molecular weight is 1880 g/mol. The summed E-state index contributed by atoms with van der Waals surface area (Å²) >= 11 is 44.0. The summed E-state index contributed by atoms with van der Waals surface area (Å²) in [7, 11) is -3.84. The number of para-hydroxylation sites is 1. The molecule has 7 heterocycles. The van der Waals surface area contributed by atoms with Crippen molar-refractivity contribution in [3.8, 4) is 17.6 Å². The van der Waals surface area contributed by atoms with Crippen LogP contribution in [0.5, 0.6) is 11.5 Å². The number of aromatic nitrogens is 8. The maximum Gasteiger partial charge on any atom is 0.372 e. The lowest BCUT2D eigenvalue weighted by atomic mass is 10.1. The van der Waals surface area contributed by atoms with Gasteiger partial charge < -0.3 is 20.4 Å². The first-order valence-corrected chi connectivity index (χ1v) is 43.0. The predicted octanol–water partition coefficient (Wildman–Crippen LogP) is 19.1. The van der Waals surface area contributed by atoms with Gasteiger partial charge in [0.1, 0.15) is 33.6 Å².